The average molecular weight is 211 g/mol. The average Bonchev–Trinajstić information content (AvgIpc) is 2.63. The first-order valence-electron chi connectivity index (χ1n) is 4.36. The van der Waals surface area contributed by atoms with Gasteiger partial charge in [-0.2, -0.15) is 5.10 Å². The van der Waals surface area contributed by atoms with Crippen LogP contribution in [0.5, 0.6) is 0 Å². The summed E-state index contributed by atoms with van der Waals surface area (Å²) in [6.45, 7) is 1.62. The van der Waals surface area contributed by atoms with Gasteiger partial charge in [0.2, 0.25) is 0 Å². The molecule has 0 aliphatic heterocycles. The third kappa shape index (κ3) is 2.70. The maximum atomic E-state index is 11.4. The Labute approximate surface area is 86.6 Å². The highest BCUT2D eigenvalue weighted by atomic mass is 16.2. The second-order valence-corrected chi connectivity index (χ2v) is 3.00. The van der Waals surface area contributed by atoms with E-state index in [-0.39, 0.29) is 0 Å². The van der Waals surface area contributed by atoms with E-state index in [1.807, 2.05) is 0 Å². The highest BCUT2D eigenvalue weighted by Crippen LogP contribution is 2.07. The summed E-state index contributed by atoms with van der Waals surface area (Å²) in [6, 6.07) is -1.13. The summed E-state index contributed by atoms with van der Waals surface area (Å²) in [6.07, 6.45) is 2.96. The van der Waals surface area contributed by atoms with Crippen LogP contribution in [-0.4, -0.2) is 28.8 Å². The van der Waals surface area contributed by atoms with E-state index in [1.54, 1.807) is 6.92 Å². The van der Waals surface area contributed by atoms with Crippen molar-refractivity contribution >= 4 is 17.6 Å². The standard InChI is InChI=1S/C8H13N5O2/c1-5(7(14)12-8(15)10-2)13-4-6(9)3-11-13/h3-5H,9H2,1-2H3,(H2,10,12,14,15). The van der Waals surface area contributed by atoms with Gasteiger partial charge in [0, 0.05) is 13.2 Å². The van der Waals surface area contributed by atoms with Crippen LogP contribution >= 0.6 is 0 Å². The molecule has 3 amide bonds. The fourth-order valence-electron chi connectivity index (χ4n) is 0.964. The first-order valence-corrected chi connectivity index (χ1v) is 4.36. The van der Waals surface area contributed by atoms with Gasteiger partial charge >= 0.3 is 6.03 Å². The maximum Gasteiger partial charge on any atom is 0.321 e. The normalized spacial score (nSPS) is 11.9. The lowest BCUT2D eigenvalue weighted by molar-refractivity contribution is -0.123. The smallest absolute Gasteiger partial charge is 0.321 e. The van der Waals surface area contributed by atoms with Gasteiger partial charge in [-0.3, -0.25) is 14.8 Å². The highest BCUT2D eigenvalue weighted by Gasteiger charge is 2.17. The molecule has 0 aliphatic rings. The van der Waals surface area contributed by atoms with Gasteiger partial charge in [0.05, 0.1) is 11.9 Å². The summed E-state index contributed by atoms with van der Waals surface area (Å²) in [5.41, 5.74) is 5.92. The van der Waals surface area contributed by atoms with Crippen molar-refractivity contribution in [1.82, 2.24) is 20.4 Å². The van der Waals surface area contributed by atoms with Crippen molar-refractivity contribution < 1.29 is 9.59 Å². The predicted molar refractivity (Wildman–Crippen MR) is 53.9 cm³/mol. The van der Waals surface area contributed by atoms with Crippen LogP contribution in [0.2, 0.25) is 0 Å². The number of nitrogens with zero attached hydrogens (tertiary/aromatic N) is 2. The summed E-state index contributed by atoms with van der Waals surface area (Å²) in [7, 11) is 1.43. The summed E-state index contributed by atoms with van der Waals surface area (Å²) in [5, 5.41) is 8.30. The molecule has 1 atom stereocenters. The minimum Gasteiger partial charge on any atom is -0.396 e. The topological polar surface area (TPSA) is 102 Å². The molecule has 0 saturated heterocycles. The molecule has 0 spiro atoms. The molecule has 0 saturated carbocycles. The van der Waals surface area contributed by atoms with E-state index >= 15 is 0 Å². The Bertz CT molecular complexity index is 373. The van der Waals surface area contributed by atoms with Gasteiger partial charge in [-0.05, 0) is 6.92 Å². The van der Waals surface area contributed by atoms with Gasteiger partial charge in [0.25, 0.3) is 5.91 Å². The van der Waals surface area contributed by atoms with Crippen molar-refractivity contribution in [2.24, 2.45) is 0 Å². The second-order valence-electron chi connectivity index (χ2n) is 3.00. The van der Waals surface area contributed by atoms with Crippen LogP contribution in [0.25, 0.3) is 0 Å². The Balaban J connectivity index is 2.64. The Morgan fingerprint density at radius 3 is 2.73 bits per heavy atom. The van der Waals surface area contributed by atoms with E-state index in [1.165, 1.54) is 24.1 Å². The van der Waals surface area contributed by atoms with Crippen molar-refractivity contribution in [1.29, 1.82) is 0 Å². The van der Waals surface area contributed by atoms with E-state index < -0.39 is 18.0 Å². The maximum absolute atomic E-state index is 11.4. The Morgan fingerprint density at radius 2 is 2.27 bits per heavy atom. The molecular formula is C8H13N5O2. The van der Waals surface area contributed by atoms with Crippen LogP contribution < -0.4 is 16.4 Å². The Kier molecular flexibility index (Phi) is 3.27. The first kappa shape index (κ1) is 11.0. The molecule has 1 aromatic heterocycles. The molecule has 0 fully saturated rings. The molecule has 7 nitrogen and oxygen atoms in total. The summed E-state index contributed by atoms with van der Waals surface area (Å²) >= 11 is 0. The Morgan fingerprint density at radius 1 is 1.60 bits per heavy atom. The number of hydrogen-bond donors (Lipinski definition) is 3. The molecular weight excluding hydrogens is 198 g/mol. The number of hydrogen-bond acceptors (Lipinski definition) is 4. The number of imide groups is 1. The van der Waals surface area contributed by atoms with Crippen LogP contribution in [0.4, 0.5) is 10.5 Å². The minimum absolute atomic E-state index is 0.447. The lowest BCUT2D eigenvalue weighted by atomic mass is 10.3. The van der Waals surface area contributed by atoms with Crippen molar-refractivity contribution in [2.45, 2.75) is 13.0 Å². The van der Waals surface area contributed by atoms with Gasteiger partial charge in [-0.25, -0.2) is 4.79 Å². The fraction of sp³-hybridized carbons (Fsp3) is 0.375. The molecule has 0 aromatic carbocycles. The number of urea groups is 1. The zero-order valence-corrected chi connectivity index (χ0v) is 8.52. The molecule has 7 heteroatoms. The number of anilines is 1. The van der Waals surface area contributed by atoms with Crippen LogP contribution in [0.15, 0.2) is 12.4 Å². The van der Waals surface area contributed by atoms with E-state index in [4.69, 9.17) is 5.73 Å². The van der Waals surface area contributed by atoms with Crippen molar-refractivity contribution in [3.63, 3.8) is 0 Å². The van der Waals surface area contributed by atoms with Crippen molar-refractivity contribution in [3.05, 3.63) is 12.4 Å². The highest BCUT2D eigenvalue weighted by molar-refractivity contribution is 5.95. The second kappa shape index (κ2) is 4.45. The third-order valence-electron chi connectivity index (χ3n) is 1.86. The molecule has 4 N–H and O–H groups in total. The molecule has 0 aliphatic carbocycles. The number of aromatic nitrogens is 2. The largest absolute Gasteiger partial charge is 0.396 e. The van der Waals surface area contributed by atoms with Crippen LogP contribution in [0, 0.1) is 0 Å². The number of amides is 3. The summed E-state index contributed by atoms with van der Waals surface area (Å²) < 4.78 is 1.38. The van der Waals surface area contributed by atoms with Crippen LogP contribution in [-0.2, 0) is 4.79 Å². The van der Waals surface area contributed by atoms with E-state index in [0.29, 0.717) is 5.69 Å². The van der Waals surface area contributed by atoms with Crippen LogP contribution in [0.3, 0.4) is 0 Å². The molecule has 1 rings (SSSR count). The van der Waals surface area contributed by atoms with Crippen molar-refractivity contribution in [2.75, 3.05) is 12.8 Å². The predicted octanol–water partition coefficient (Wildman–Crippen LogP) is -0.518. The SMILES string of the molecule is CNC(=O)NC(=O)C(C)n1cc(N)cn1. The lowest BCUT2D eigenvalue weighted by Crippen LogP contribution is -2.40. The molecule has 15 heavy (non-hydrogen) atoms. The number of carbonyl (C=O) groups excluding carboxylic acids is 2. The minimum atomic E-state index is -0.584. The number of rotatable bonds is 2. The number of nitrogens with one attached hydrogen (secondary N) is 2. The zero-order valence-electron chi connectivity index (χ0n) is 8.52. The van der Waals surface area contributed by atoms with Gasteiger partial charge < -0.3 is 11.1 Å². The molecule has 1 heterocycles. The van der Waals surface area contributed by atoms with Crippen molar-refractivity contribution in [3.8, 4) is 0 Å². The van der Waals surface area contributed by atoms with E-state index in [2.05, 4.69) is 15.7 Å². The third-order valence-corrected chi connectivity index (χ3v) is 1.86. The quantitative estimate of drug-likeness (QED) is 0.612. The van der Waals surface area contributed by atoms with Gasteiger partial charge in [-0.15, -0.1) is 0 Å². The number of carbonyl (C=O) groups is 2. The molecule has 82 valence electrons. The summed E-state index contributed by atoms with van der Waals surface area (Å²) in [4.78, 5) is 22.3. The molecule has 0 radical (unpaired) electrons. The van der Waals surface area contributed by atoms with Gasteiger partial charge in [-0.1, -0.05) is 0 Å². The fourth-order valence-corrected chi connectivity index (χ4v) is 0.964. The lowest BCUT2D eigenvalue weighted by Gasteiger charge is -2.11. The van der Waals surface area contributed by atoms with E-state index in [9.17, 15) is 9.59 Å². The monoisotopic (exact) mass is 211 g/mol. The molecule has 1 aromatic rings. The first-order chi connectivity index (χ1) is 7.04. The number of nitrogens with two attached hydrogens (primary N) is 1. The van der Waals surface area contributed by atoms with Crippen LogP contribution in [0.1, 0.15) is 13.0 Å². The molecule has 0 bridgehead atoms. The zero-order chi connectivity index (χ0) is 11.4. The van der Waals surface area contributed by atoms with Gasteiger partial charge in [0.1, 0.15) is 6.04 Å². The van der Waals surface area contributed by atoms with Gasteiger partial charge in [0.15, 0.2) is 0 Å². The number of nitrogen functional groups attached to an aromatic ring is 1. The summed E-state index contributed by atoms with van der Waals surface area (Å²) in [5.74, 6) is -0.447. The molecule has 1 unspecified atom stereocenters. The van der Waals surface area contributed by atoms with E-state index in [0.717, 1.165) is 0 Å². The Hall–Kier alpha value is -2.05.